The molecule has 5 rings (SSSR count). The van der Waals surface area contributed by atoms with Gasteiger partial charge in [-0.05, 0) is 85.8 Å². The summed E-state index contributed by atoms with van der Waals surface area (Å²) in [5, 5.41) is 0. The lowest BCUT2D eigenvalue weighted by molar-refractivity contribution is 0.0360. The van der Waals surface area contributed by atoms with Crippen LogP contribution >= 0.6 is 0 Å². The van der Waals surface area contributed by atoms with Crippen molar-refractivity contribution >= 4 is 5.91 Å². The van der Waals surface area contributed by atoms with Gasteiger partial charge in [-0.2, -0.15) is 0 Å². The zero-order valence-electron chi connectivity index (χ0n) is 23.0. The maximum atomic E-state index is 13.5. The highest BCUT2D eigenvalue weighted by atomic mass is 16.5. The fourth-order valence-corrected chi connectivity index (χ4v) is 6.37. The molecule has 38 heavy (non-hydrogen) atoms. The summed E-state index contributed by atoms with van der Waals surface area (Å²) in [6.07, 6.45) is 10.5. The Morgan fingerprint density at radius 3 is 2.47 bits per heavy atom. The molecule has 200 valence electrons. The van der Waals surface area contributed by atoms with E-state index in [0.29, 0.717) is 6.61 Å². The number of fused-ring (bicyclic) bond motifs is 1. The average molecular weight is 512 g/mol. The molecule has 0 bridgehead atoms. The molecule has 3 heterocycles. The maximum absolute atomic E-state index is 13.5. The second kappa shape index (κ2) is 12.1. The van der Waals surface area contributed by atoms with Gasteiger partial charge in [0, 0.05) is 50.7 Å². The molecule has 0 saturated carbocycles. The third kappa shape index (κ3) is 6.27. The number of para-hydroxylation sites is 1. The van der Waals surface area contributed by atoms with Crippen LogP contribution in [0.15, 0.2) is 67.0 Å². The van der Waals surface area contributed by atoms with Crippen molar-refractivity contribution < 1.29 is 9.53 Å². The van der Waals surface area contributed by atoms with Gasteiger partial charge in [-0.1, -0.05) is 48.9 Å². The summed E-state index contributed by atoms with van der Waals surface area (Å²) in [6.45, 7) is 9.19. The number of aromatic nitrogens is 1. The van der Waals surface area contributed by atoms with E-state index in [1.807, 2.05) is 24.5 Å². The fourth-order valence-electron chi connectivity index (χ4n) is 6.37. The lowest BCUT2D eigenvalue weighted by Gasteiger charge is -2.45. The van der Waals surface area contributed by atoms with E-state index in [0.717, 1.165) is 80.8 Å². The normalized spacial score (nSPS) is 18.6. The van der Waals surface area contributed by atoms with Gasteiger partial charge in [0.25, 0.3) is 5.91 Å². The van der Waals surface area contributed by atoms with Gasteiger partial charge in [0.15, 0.2) is 0 Å². The molecule has 3 aromatic rings. The molecule has 1 aromatic heterocycles. The molecule has 2 aromatic carbocycles. The highest BCUT2D eigenvalue weighted by Crippen LogP contribution is 2.39. The Morgan fingerprint density at radius 1 is 0.921 bits per heavy atom. The van der Waals surface area contributed by atoms with Crippen LogP contribution in [0.25, 0.3) is 0 Å². The molecule has 0 unspecified atom stereocenters. The number of likely N-dealkylation sites (tertiary alicyclic amines) is 1. The smallest absolute Gasteiger partial charge is 0.254 e. The molecule has 0 aliphatic carbocycles. The predicted octanol–water partition coefficient (Wildman–Crippen LogP) is 6.23. The van der Waals surface area contributed by atoms with Crippen LogP contribution in [-0.4, -0.2) is 53.5 Å². The maximum Gasteiger partial charge on any atom is 0.254 e. The van der Waals surface area contributed by atoms with Crippen LogP contribution in [0.1, 0.15) is 64.7 Å². The number of ether oxygens (including phenoxy) is 1. The number of hydrogen-bond acceptors (Lipinski definition) is 4. The molecule has 1 saturated heterocycles. The minimum absolute atomic E-state index is 0.195. The van der Waals surface area contributed by atoms with E-state index in [1.165, 1.54) is 24.0 Å². The monoisotopic (exact) mass is 511 g/mol. The van der Waals surface area contributed by atoms with Crippen LogP contribution in [0, 0.1) is 19.3 Å². The second-order valence-electron chi connectivity index (χ2n) is 11.3. The Hall–Kier alpha value is -3.18. The van der Waals surface area contributed by atoms with E-state index < -0.39 is 0 Å². The van der Waals surface area contributed by atoms with Crippen molar-refractivity contribution in [2.45, 2.75) is 58.9 Å². The molecule has 2 aliphatic rings. The van der Waals surface area contributed by atoms with E-state index in [-0.39, 0.29) is 11.3 Å². The van der Waals surface area contributed by atoms with Gasteiger partial charge in [0.2, 0.25) is 0 Å². The number of benzene rings is 2. The standard InChI is InChI=1S/C33H41N3O2/c1-26-9-7-10-27(2)31(26)32(37)36-19-16-33(17-20-36)15-6-5-13-29-12-3-4-14-30(29)38-22-21-35(25-33)24-28-11-8-18-34-23-28/h3-4,7-12,14,18,23H,5-6,13,15-17,19-22,24-25H2,1-2H3. The van der Waals surface area contributed by atoms with Crippen molar-refractivity contribution in [3.8, 4) is 5.75 Å². The van der Waals surface area contributed by atoms with Gasteiger partial charge in [0.1, 0.15) is 12.4 Å². The lowest BCUT2D eigenvalue weighted by atomic mass is 9.73. The number of carbonyl (C=O) groups is 1. The molecule has 5 nitrogen and oxygen atoms in total. The van der Waals surface area contributed by atoms with Crippen molar-refractivity contribution in [2.75, 3.05) is 32.8 Å². The highest BCUT2D eigenvalue weighted by Gasteiger charge is 2.37. The topological polar surface area (TPSA) is 45.7 Å². The Morgan fingerprint density at radius 2 is 1.71 bits per heavy atom. The number of hydrogen-bond donors (Lipinski definition) is 0. The van der Waals surface area contributed by atoms with E-state index in [1.54, 1.807) is 0 Å². The second-order valence-corrected chi connectivity index (χ2v) is 11.3. The van der Waals surface area contributed by atoms with Crippen LogP contribution < -0.4 is 4.74 Å². The minimum Gasteiger partial charge on any atom is -0.492 e. The third-order valence-corrected chi connectivity index (χ3v) is 8.54. The van der Waals surface area contributed by atoms with Crippen LogP contribution in [0.4, 0.5) is 0 Å². The van der Waals surface area contributed by atoms with Crippen LogP contribution in [0.3, 0.4) is 0 Å². The van der Waals surface area contributed by atoms with Gasteiger partial charge in [-0.15, -0.1) is 0 Å². The summed E-state index contributed by atoms with van der Waals surface area (Å²) >= 11 is 0. The largest absolute Gasteiger partial charge is 0.492 e. The Bertz CT molecular complexity index is 1200. The summed E-state index contributed by atoms with van der Waals surface area (Å²) in [4.78, 5) is 22.5. The number of rotatable bonds is 3. The first kappa shape index (κ1) is 26.4. The quantitative estimate of drug-likeness (QED) is 0.418. The van der Waals surface area contributed by atoms with Gasteiger partial charge in [-0.3, -0.25) is 14.7 Å². The number of nitrogens with zero attached hydrogens (tertiary/aromatic N) is 3. The number of carbonyl (C=O) groups excluding carboxylic acids is 1. The van der Waals surface area contributed by atoms with Gasteiger partial charge < -0.3 is 9.64 Å². The molecular formula is C33H41N3O2. The molecule has 0 N–H and O–H groups in total. The highest BCUT2D eigenvalue weighted by molar-refractivity contribution is 5.97. The first-order valence-electron chi connectivity index (χ1n) is 14.2. The van der Waals surface area contributed by atoms with Crippen molar-refractivity contribution in [1.82, 2.24) is 14.8 Å². The van der Waals surface area contributed by atoms with E-state index >= 15 is 0 Å². The molecule has 0 atom stereocenters. The number of amides is 1. The minimum atomic E-state index is 0.195. The Labute approximate surface area is 227 Å². The summed E-state index contributed by atoms with van der Waals surface area (Å²) in [5.74, 6) is 1.23. The van der Waals surface area contributed by atoms with E-state index in [4.69, 9.17) is 4.74 Å². The van der Waals surface area contributed by atoms with Crippen molar-refractivity contribution in [3.63, 3.8) is 0 Å². The zero-order valence-corrected chi connectivity index (χ0v) is 23.0. The summed E-state index contributed by atoms with van der Waals surface area (Å²) in [5.41, 5.74) is 5.79. The molecule has 1 amide bonds. The van der Waals surface area contributed by atoms with Crippen molar-refractivity contribution in [2.24, 2.45) is 5.41 Å². The average Bonchev–Trinajstić information content (AvgIpc) is 2.92. The SMILES string of the molecule is Cc1cccc(C)c1C(=O)N1CCC2(CCCCc3ccccc3OCCN(Cc3cccnc3)C2)CC1. The molecule has 0 radical (unpaired) electrons. The first-order valence-corrected chi connectivity index (χ1v) is 14.2. The molecule has 1 fully saturated rings. The van der Waals surface area contributed by atoms with E-state index in [2.05, 4.69) is 71.1 Å². The van der Waals surface area contributed by atoms with Gasteiger partial charge in [0.05, 0.1) is 0 Å². The molecular weight excluding hydrogens is 470 g/mol. The van der Waals surface area contributed by atoms with Crippen LogP contribution in [-0.2, 0) is 13.0 Å². The summed E-state index contributed by atoms with van der Waals surface area (Å²) in [7, 11) is 0. The lowest BCUT2D eigenvalue weighted by Crippen LogP contribution is -2.48. The number of aryl methyl sites for hydroxylation is 3. The molecule has 2 aliphatic heterocycles. The Balaban J connectivity index is 1.34. The third-order valence-electron chi connectivity index (χ3n) is 8.54. The van der Waals surface area contributed by atoms with Crippen LogP contribution in [0.2, 0.25) is 0 Å². The van der Waals surface area contributed by atoms with E-state index in [9.17, 15) is 4.79 Å². The number of pyridine rings is 1. The zero-order chi connectivity index (χ0) is 26.4. The molecule has 1 spiro atoms. The summed E-state index contributed by atoms with van der Waals surface area (Å²) in [6, 6.07) is 18.8. The van der Waals surface area contributed by atoms with Crippen molar-refractivity contribution in [1.29, 1.82) is 0 Å². The number of piperidine rings is 1. The first-order chi connectivity index (χ1) is 18.5. The predicted molar refractivity (Wildman–Crippen MR) is 152 cm³/mol. The summed E-state index contributed by atoms with van der Waals surface area (Å²) < 4.78 is 6.31. The Kier molecular flexibility index (Phi) is 8.43. The molecule has 5 heteroatoms. The van der Waals surface area contributed by atoms with Gasteiger partial charge >= 0.3 is 0 Å². The van der Waals surface area contributed by atoms with Crippen molar-refractivity contribution in [3.05, 3.63) is 94.8 Å². The fraction of sp³-hybridized carbons (Fsp3) is 0.455. The van der Waals surface area contributed by atoms with Crippen LogP contribution in [0.5, 0.6) is 5.75 Å². The van der Waals surface area contributed by atoms with Gasteiger partial charge in [-0.25, -0.2) is 0 Å².